The second-order valence-corrected chi connectivity index (χ2v) is 8.40. The van der Waals surface area contributed by atoms with E-state index in [2.05, 4.69) is 5.10 Å². The molecule has 0 aromatic heterocycles. The molecule has 4 rings (SSSR count). The zero-order chi connectivity index (χ0) is 24.2. The van der Waals surface area contributed by atoms with E-state index >= 15 is 0 Å². The molecule has 174 valence electrons. The van der Waals surface area contributed by atoms with Crippen LogP contribution in [0.3, 0.4) is 0 Å². The van der Waals surface area contributed by atoms with Crippen LogP contribution in [0.15, 0.2) is 77.9 Å². The van der Waals surface area contributed by atoms with E-state index < -0.39 is 11.7 Å². The Morgan fingerprint density at radius 1 is 1.12 bits per heavy atom. The predicted molar refractivity (Wildman–Crippen MR) is 129 cm³/mol. The predicted octanol–water partition coefficient (Wildman–Crippen LogP) is 4.94. The minimum absolute atomic E-state index is 0.173. The molecule has 8 heteroatoms. The first kappa shape index (κ1) is 23.4. The second-order valence-electron chi connectivity index (χ2n) is 7.96. The Labute approximate surface area is 202 Å². The molecule has 2 amide bonds. The Morgan fingerprint density at radius 2 is 1.85 bits per heavy atom. The van der Waals surface area contributed by atoms with Gasteiger partial charge in [-0.1, -0.05) is 41.9 Å². The average Bonchev–Trinajstić information content (AvgIpc) is 3.30. The molecule has 0 saturated carbocycles. The fourth-order valence-electron chi connectivity index (χ4n) is 3.85. The number of halogens is 2. The van der Waals surface area contributed by atoms with Crippen molar-refractivity contribution >= 4 is 29.1 Å². The molecule has 0 N–H and O–H groups in total. The molecule has 1 atom stereocenters. The first-order valence-corrected chi connectivity index (χ1v) is 11.0. The molecule has 34 heavy (non-hydrogen) atoms. The zero-order valence-corrected chi connectivity index (χ0v) is 19.5. The van der Waals surface area contributed by atoms with E-state index in [1.165, 1.54) is 35.2 Å². The number of hydrogen-bond donors (Lipinski definition) is 0. The minimum atomic E-state index is -0.513. The van der Waals surface area contributed by atoms with E-state index in [9.17, 15) is 14.0 Å². The molecule has 0 aliphatic carbocycles. The molecule has 0 saturated heterocycles. The van der Waals surface area contributed by atoms with Crippen LogP contribution in [0.4, 0.5) is 4.39 Å². The number of benzene rings is 3. The Hall–Kier alpha value is -3.71. The molecular formula is C26H23ClFN3O3. The third-order valence-electron chi connectivity index (χ3n) is 5.61. The normalized spacial score (nSPS) is 15.1. The highest BCUT2D eigenvalue weighted by atomic mass is 35.5. The number of methoxy groups -OCH3 is 1. The van der Waals surface area contributed by atoms with Crippen molar-refractivity contribution in [3.63, 3.8) is 0 Å². The Bertz CT molecular complexity index is 1250. The van der Waals surface area contributed by atoms with Crippen molar-refractivity contribution in [2.24, 2.45) is 5.10 Å². The number of carbonyl (C=O) groups is 2. The number of rotatable bonds is 6. The zero-order valence-electron chi connectivity index (χ0n) is 18.7. The molecule has 0 spiro atoms. The monoisotopic (exact) mass is 479 g/mol. The molecule has 1 heterocycles. The minimum Gasteiger partial charge on any atom is -0.497 e. The maximum Gasteiger partial charge on any atom is 0.262 e. The third kappa shape index (κ3) is 5.10. The van der Waals surface area contributed by atoms with Crippen molar-refractivity contribution < 1.29 is 18.7 Å². The maximum absolute atomic E-state index is 13.5. The van der Waals surface area contributed by atoms with Crippen molar-refractivity contribution in [2.45, 2.75) is 12.5 Å². The summed E-state index contributed by atoms with van der Waals surface area (Å²) in [6.07, 6.45) is 0.488. The molecule has 3 aromatic carbocycles. The summed E-state index contributed by atoms with van der Waals surface area (Å²) in [4.78, 5) is 27.3. The van der Waals surface area contributed by atoms with Crippen LogP contribution in [-0.2, 0) is 4.79 Å². The summed E-state index contributed by atoms with van der Waals surface area (Å²) in [5.74, 6) is -0.633. The van der Waals surface area contributed by atoms with Crippen LogP contribution in [0, 0.1) is 5.82 Å². The first-order chi connectivity index (χ1) is 16.4. The number of likely N-dealkylation sites (N-methyl/N-ethyl adjacent to an activating group) is 1. The van der Waals surface area contributed by atoms with Gasteiger partial charge in [0.2, 0.25) is 0 Å². The van der Waals surface area contributed by atoms with Gasteiger partial charge in [-0.2, -0.15) is 5.10 Å². The van der Waals surface area contributed by atoms with Gasteiger partial charge in [-0.3, -0.25) is 9.59 Å². The van der Waals surface area contributed by atoms with Crippen LogP contribution in [0.5, 0.6) is 5.75 Å². The number of carbonyl (C=O) groups excluding carboxylic acids is 2. The highest BCUT2D eigenvalue weighted by Gasteiger charge is 2.34. The van der Waals surface area contributed by atoms with Crippen molar-refractivity contribution in [1.29, 1.82) is 0 Å². The van der Waals surface area contributed by atoms with Crippen molar-refractivity contribution in [2.75, 3.05) is 20.7 Å². The first-order valence-electron chi connectivity index (χ1n) is 10.7. The number of ether oxygens (including phenoxy) is 1. The van der Waals surface area contributed by atoms with Gasteiger partial charge in [0, 0.05) is 29.6 Å². The van der Waals surface area contributed by atoms with Gasteiger partial charge in [-0.25, -0.2) is 9.40 Å². The van der Waals surface area contributed by atoms with E-state index in [1.54, 1.807) is 19.2 Å². The number of hydrazone groups is 1. The lowest BCUT2D eigenvalue weighted by Gasteiger charge is -2.25. The third-order valence-corrected chi connectivity index (χ3v) is 5.87. The van der Waals surface area contributed by atoms with Crippen LogP contribution in [0.2, 0.25) is 5.02 Å². The fourth-order valence-corrected chi connectivity index (χ4v) is 3.98. The summed E-state index contributed by atoms with van der Waals surface area (Å²) in [6, 6.07) is 19.8. The average molecular weight is 480 g/mol. The van der Waals surface area contributed by atoms with Gasteiger partial charge in [0.25, 0.3) is 11.8 Å². The summed E-state index contributed by atoms with van der Waals surface area (Å²) in [5.41, 5.74) is 2.62. The summed E-state index contributed by atoms with van der Waals surface area (Å²) in [5, 5.41) is 6.63. The van der Waals surface area contributed by atoms with Crippen LogP contribution >= 0.6 is 11.6 Å². The number of hydrogen-bond acceptors (Lipinski definition) is 4. The van der Waals surface area contributed by atoms with Gasteiger partial charge < -0.3 is 9.64 Å². The maximum atomic E-state index is 13.5. The van der Waals surface area contributed by atoms with Crippen molar-refractivity contribution in [3.8, 4) is 5.75 Å². The molecule has 0 fully saturated rings. The van der Waals surface area contributed by atoms with Gasteiger partial charge in [0.1, 0.15) is 18.1 Å². The van der Waals surface area contributed by atoms with Gasteiger partial charge in [0.05, 0.1) is 18.9 Å². The van der Waals surface area contributed by atoms with E-state index in [0.29, 0.717) is 17.2 Å². The van der Waals surface area contributed by atoms with E-state index in [0.717, 1.165) is 22.9 Å². The Kier molecular flexibility index (Phi) is 6.93. The van der Waals surface area contributed by atoms with E-state index in [-0.39, 0.29) is 24.1 Å². The number of amides is 2. The van der Waals surface area contributed by atoms with Gasteiger partial charge in [0.15, 0.2) is 0 Å². The summed E-state index contributed by atoms with van der Waals surface area (Å²) < 4.78 is 18.9. The SMILES string of the molecule is COc1cccc(C2=NN(C(=O)CN(C)C(=O)c3cccc(F)c3)C(c3ccc(Cl)cc3)C2)c1. The molecule has 0 radical (unpaired) electrons. The summed E-state index contributed by atoms with van der Waals surface area (Å²) in [6.45, 7) is -0.214. The topological polar surface area (TPSA) is 62.2 Å². The molecule has 0 bridgehead atoms. The standard InChI is InChI=1S/C26H23ClFN3O3/c1-30(26(33)19-6-3-7-21(28)13-19)16-25(32)31-24(17-9-11-20(27)12-10-17)15-23(29-31)18-5-4-8-22(14-18)34-2/h3-14,24H,15-16H2,1-2H3. The Morgan fingerprint density at radius 3 is 2.56 bits per heavy atom. The van der Waals surface area contributed by atoms with Crippen LogP contribution in [0.25, 0.3) is 0 Å². The Balaban J connectivity index is 1.60. The van der Waals surface area contributed by atoms with E-state index in [1.807, 2.05) is 36.4 Å². The molecule has 1 aliphatic heterocycles. The van der Waals surface area contributed by atoms with Crippen LogP contribution < -0.4 is 4.74 Å². The van der Waals surface area contributed by atoms with E-state index in [4.69, 9.17) is 16.3 Å². The van der Waals surface area contributed by atoms with Gasteiger partial charge >= 0.3 is 0 Å². The molecular weight excluding hydrogens is 457 g/mol. The quantitative estimate of drug-likeness (QED) is 0.503. The van der Waals surface area contributed by atoms with Crippen molar-refractivity contribution in [1.82, 2.24) is 9.91 Å². The highest BCUT2D eigenvalue weighted by molar-refractivity contribution is 6.30. The van der Waals surface area contributed by atoms with Crippen LogP contribution in [-0.4, -0.2) is 48.1 Å². The lowest BCUT2D eigenvalue weighted by Crippen LogP contribution is -2.39. The second kappa shape index (κ2) is 10.1. The lowest BCUT2D eigenvalue weighted by atomic mass is 9.98. The highest BCUT2D eigenvalue weighted by Crippen LogP contribution is 2.34. The largest absolute Gasteiger partial charge is 0.497 e. The molecule has 1 unspecified atom stereocenters. The summed E-state index contributed by atoms with van der Waals surface area (Å²) in [7, 11) is 3.10. The number of nitrogens with zero attached hydrogens (tertiary/aromatic N) is 3. The smallest absolute Gasteiger partial charge is 0.262 e. The molecule has 6 nitrogen and oxygen atoms in total. The van der Waals surface area contributed by atoms with Crippen LogP contribution in [0.1, 0.15) is 33.9 Å². The summed E-state index contributed by atoms with van der Waals surface area (Å²) >= 11 is 6.05. The lowest BCUT2D eigenvalue weighted by molar-refractivity contribution is -0.133. The molecule has 3 aromatic rings. The van der Waals surface area contributed by atoms with Gasteiger partial charge in [-0.05, 0) is 48.0 Å². The van der Waals surface area contributed by atoms with Crippen molar-refractivity contribution in [3.05, 3.63) is 100 Å². The molecule has 1 aliphatic rings. The van der Waals surface area contributed by atoms with Gasteiger partial charge in [-0.15, -0.1) is 0 Å². The fraction of sp³-hybridized carbons (Fsp3) is 0.192.